The predicted molar refractivity (Wildman–Crippen MR) is 117 cm³/mol. The SMILES string of the molecule is CCOc1ccc(CCC(=O)NCCCNC(=O)CNC(=O)OC(C)(C)C)cc1OC. The number of benzene rings is 1. The van der Waals surface area contributed by atoms with Crippen molar-refractivity contribution in [2.24, 2.45) is 0 Å². The van der Waals surface area contributed by atoms with E-state index in [0.717, 1.165) is 5.56 Å². The number of rotatable bonds is 12. The second-order valence-corrected chi connectivity index (χ2v) is 7.83. The van der Waals surface area contributed by atoms with E-state index in [0.29, 0.717) is 50.5 Å². The van der Waals surface area contributed by atoms with Crippen molar-refractivity contribution in [2.75, 3.05) is 33.4 Å². The van der Waals surface area contributed by atoms with Crippen LogP contribution in [0.5, 0.6) is 11.5 Å². The third-order valence-corrected chi connectivity index (χ3v) is 3.96. The van der Waals surface area contributed by atoms with E-state index < -0.39 is 11.7 Å². The fourth-order valence-corrected chi connectivity index (χ4v) is 2.56. The topological polar surface area (TPSA) is 115 Å². The van der Waals surface area contributed by atoms with Crippen molar-refractivity contribution in [1.82, 2.24) is 16.0 Å². The average molecular weight is 438 g/mol. The molecule has 0 aliphatic carbocycles. The molecule has 0 aliphatic heterocycles. The molecule has 174 valence electrons. The lowest BCUT2D eigenvalue weighted by molar-refractivity contribution is -0.121. The van der Waals surface area contributed by atoms with Crippen LogP contribution in [0, 0.1) is 0 Å². The molecule has 0 atom stereocenters. The van der Waals surface area contributed by atoms with Crippen molar-refractivity contribution in [1.29, 1.82) is 0 Å². The summed E-state index contributed by atoms with van der Waals surface area (Å²) in [6.07, 6.45) is 0.881. The van der Waals surface area contributed by atoms with Crippen LogP contribution >= 0.6 is 0 Å². The summed E-state index contributed by atoms with van der Waals surface area (Å²) in [6, 6.07) is 5.64. The highest BCUT2D eigenvalue weighted by atomic mass is 16.6. The first-order valence-corrected chi connectivity index (χ1v) is 10.4. The van der Waals surface area contributed by atoms with Gasteiger partial charge < -0.3 is 30.2 Å². The molecule has 1 aromatic rings. The Morgan fingerprint density at radius 1 is 0.968 bits per heavy atom. The third-order valence-electron chi connectivity index (χ3n) is 3.96. The second kappa shape index (κ2) is 13.4. The highest BCUT2D eigenvalue weighted by molar-refractivity contribution is 5.82. The van der Waals surface area contributed by atoms with Crippen LogP contribution in [0.4, 0.5) is 4.79 Å². The molecule has 1 aromatic carbocycles. The van der Waals surface area contributed by atoms with E-state index in [1.807, 2.05) is 25.1 Å². The van der Waals surface area contributed by atoms with Crippen LogP contribution in [0.1, 0.15) is 46.1 Å². The Balaban J connectivity index is 2.18. The van der Waals surface area contributed by atoms with E-state index in [1.165, 1.54) is 0 Å². The van der Waals surface area contributed by atoms with Gasteiger partial charge in [-0.15, -0.1) is 0 Å². The molecule has 0 fully saturated rings. The second-order valence-electron chi connectivity index (χ2n) is 7.83. The smallest absolute Gasteiger partial charge is 0.408 e. The number of carbonyl (C=O) groups excluding carboxylic acids is 3. The van der Waals surface area contributed by atoms with Crippen LogP contribution in [-0.4, -0.2) is 56.9 Å². The van der Waals surface area contributed by atoms with Crippen molar-refractivity contribution < 1.29 is 28.6 Å². The van der Waals surface area contributed by atoms with Gasteiger partial charge in [-0.1, -0.05) is 6.07 Å². The van der Waals surface area contributed by atoms with Crippen LogP contribution in [0.15, 0.2) is 18.2 Å². The lowest BCUT2D eigenvalue weighted by Crippen LogP contribution is -2.40. The Hall–Kier alpha value is -2.97. The van der Waals surface area contributed by atoms with Crippen LogP contribution in [0.25, 0.3) is 0 Å². The quantitative estimate of drug-likeness (QED) is 0.432. The molecule has 9 heteroatoms. The molecule has 0 saturated heterocycles. The van der Waals surface area contributed by atoms with Crippen molar-refractivity contribution in [3.8, 4) is 11.5 Å². The van der Waals surface area contributed by atoms with Gasteiger partial charge in [-0.05, 0) is 58.2 Å². The van der Waals surface area contributed by atoms with Crippen LogP contribution in [0.2, 0.25) is 0 Å². The number of ether oxygens (including phenoxy) is 3. The average Bonchev–Trinajstić information content (AvgIpc) is 2.70. The lowest BCUT2D eigenvalue weighted by atomic mass is 10.1. The molecule has 9 nitrogen and oxygen atoms in total. The number of alkyl carbamates (subject to hydrolysis) is 1. The van der Waals surface area contributed by atoms with Crippen LogP contribution in [0.3, 0.4) is 0 Å². The molecule has 3 N–H and O–H groups in total. The highest BCUT2D eigenvalue weighted by Gasteiger charge is 2.16. The Bertz CT molecular complexity index is 730. The van der Waals surface area contributed by atoms with Gasteiger partial charge in [-0.25, -0.2) is 4.79 Å². The number of hydrogen-bond acceptors (Lipinski definition) is 6. The zero-order chi connectivity index (χ0) is 23.3. The van der Waals surface area contributed by atoms with Gasteiger partial charge in [0.25, 0.3) is 0 Å². The molecular formula is C22H35N3O6. The Kier molecular flexibility index (Phi) is 11.2. The minimum Gasteiger partial charge on any atom is -0.493 e. The van der Waals surface area contributed by atoms with Gasteiger partial charge in [0, 0.05) is 19.5 Å². The maximum absolute atomic E-state index is 12.0. The summed E-state index contributed by atoms with van der Waals surface area (Å²) < 4.78 is 15.9. The molecule has 0 saturated carbocycles. The van der Waals surface area contributed by atoms with E-state index in [2.05, 4.69) is 16.0 Å². The lowest BCUT2D eigenvalue weighted by Gasteiger charge is -2.19. The molecule has 0 unspecified atom stereocenters. The summed E-state index contributed by atoms with van der Waals surface area (Å²) >= 11 is 0. The van der Waals surface area contributed by atoms with Gasteiger partial charge in [0.15, 0.2) is 11.5 Å². The van der Waals surface area contributed by atoms with Crippen molar-refractivity contribution in [3.63, 3.8) is 0 Å². The van der Waals surface area contributed by atoms with E-state index in [1.54, 1.807) is 27.9 Å². The first-order valence-electron chi connectivity index (χ1n) is 10.4. The fraction of sp³-hybridized carbons (Fsp3) is 0.591. The predicted octanol–water partition coefficient (Wildman–Crippen LogP) is 2.17. The molecule has 0 bridgehead atoms. The molecule has 0 aliphatic rings. The number of nitrogens with one attached hydrogen (secondary N) is 3. The molecule has 31 heavy (non-hydrogen) atoms. The molecule has 0 radical (unpaired) electrons. The molecule has 0 spiro atoms. The summed E-state index contributed by atoms with van der Waals surface area (Å²) in [6.45, 7) is 8.38. The molecule has 0 heterocycles. The molecule has 1 rings (SSSR count). The van der Waals surface area contributed by atoms with Gasteiger partial charge in [-0.2, -0.15) is 0 Å². The Morgan fingerprint density at radius 2 is 1.65 bits per heavy atom. The summed E-state index contributed by atoms with van der Waals surface area (Å²) in [5.41, 5.74) is 0.373. The van der Waals surface area contributed by atoms with Crippen molar-refractivity contribution in [3.05, 3.63) is 23.8 Å². The summed E-state index contributed by atoms with van der Waals surface area (Å²) in [5, 5.41) is 7.89. The van der Waals surface area contributed by atoms with Crippen LogP contribution < -0.4 is 25.4 Å². The van der Waals surface area contributed by atoms with Crippen molar-refractivity contribution >= 4 is 17.9 Å². The number of hydrogen-bond donors (Lipinski definition) is 3. The van der Waals surface area contributed by atoms with Gasteiger partial charge >= 0.3 is 6.09 Å². The van der Waals surface area contributed by atoms with Gasteiger partial charge in [0.1, 0.15) is 5.60 Å². The van der Waals surface area contributed by atoms with E-state index in [9.17, 15) is 14.4 Å². The van der Waals surface area contributed by atoms with Gasteiger partial charge in [0.05, 0.1) is 20.3 Å². The minimum absolute atomic E-state index is 0.0641. The van der Waals surface area contributed by atoms with Gasteiger partial charge in [0.2, 0.25) is 11.8 Å². The largest absolute Gasteiger partial charge is 0.493 e. The maximum atomic E-state index is 12.0. The normalized spacial score (nSPS) is 10.7. The number of carbonyl (C=O) groups is 3. The van der Waals surface area contributed by atoms with Gasteiger partial charge in [-0.3, -0.25) is 9.59 Å². The summed E-state index contributed by atoms with van der Waals surface area (Å²) in [7, 11) is 1.58. The molecular weight excluding hydrogens is 402 g/mol. The summed E-state index contributed by atoms with van der Waals surface area (Å²) in [5.74, 6) is 0.950. The first kappa shape index (κ1) is 26.1. The summed E-state index contributed by atoms with van der Waals surface area (Å²) in [4.78, 5) is 35.2. The minimum atomic E-state index is -0.639. The number of methoxy groups -OCH3 is 1. The van der Waals surface area contributed by atoms with E-state index in [4.69, 9.17) is 14.2 Å². The zero-order valence-electron chi connectivity index (χ0n) is 19.1. The third kappa shape index (κ3) is 11.7. The highest BCUT2D eigenvalue weighted by Crippen LogP contribution is 2.28. The molecule has 3 amide bonds. The van der Waals surface area contributed by atoms with Crippen molar-refractivity contribution in [2.45, 2.75) is 52.6 Å². The van der Waals surface area contributed by atoms with Crippen LogP contribution in [-0.2, 0) is 20.7 Å². The molecule has 0 aromatic heterocycles. The monoisotopic (exact) mass is 437 g/mol. The zero-order valence-corrected chi connectivity index (χ0v) is 19.1. The fourth-order valence-electron chi connectivity index (χ4n) is 2.56. The van der Waals surface area contributed by atoms with E-state index in [-0.39, 0.29) is 18.4 Å². The number of amides is 3. The number of aryl methyl sites for hydroxylation is 1. The Morgan fingerprint density at radius 3 is 2.26 bits per heavy atom. The first-order chi connectivity index (χ1) is 14.6. The maximum Gasteiger partial charge on any atom is 0.408 e. The standard InChI is InChI=1S/C22H35N3O6/c1-6-30-17-10-8-16(14-18(17)29-5)9-11-19(26)23-12-7-13-24-20(27)15-25-21(28)31-22(2,3)4/h8,10,14H,6-7,9,11-13,15H2,1-5H3,(H,23,26)(H,24,27)(H,25,28). The Labute approximate surface area is 184 Å². The van der Waals surface area contributed by atoms with E-state index >= 15 is 0 Å².